The highest BCUT2D eigenvalue weighted by molar-refractivity contribution is 5.96. The number of carbonyl (C=O) groups is 1. The molecule has 8 nitrogen and oxygen atoms in total. The number of aryl methyl sites for hydroxylation is 1. The summed E-state index contributed by atoms with van der Waals surface area (Å²) in [5.41, 5.74) is -0.358. The summed E-state index contributed by atoms with van der Waals surface area (Å²) >= 11 is 0. The van der Waals surface area contributed by atoms with Gasteiger partial charge in [0.1, 0.15) is 11.5 Å². The Morgan fingerprint density at radius 3 is 2.86 bits per heavy atom. The molecule has 0 aliphatic carbocycles. The Morgan fingerprint density at radius 1 is 1.52 bits per heavy atom. The van der Waals surface area contributed by atoms with E-state index >= 15 is 0 Å². The molecule has 0 bridgehead atoms. The normalized spacial score (nSPS) is 10.3. The molecular weight excluding hydrogens is 276 g/mol. The van der Waals surface area contributed by atoms with Crippen LogP contribution in [0, 0.1) is 10.1 Å². The van der Waals surface area contributed by atoms with E-state index in [2.05, 4.69) is 10.3 Å². The summed E-state index contributed by atoms with van der Waals surface area (Å²) in [6.07, 6.45) is 3.97. The van der Waals surface area contributed by atoms with Gasteiger partial charge in [-0.25, -0.2) is 9.78 Å². The molecule has 2 N–H and O–H groups in total. The number of carboxylic acids is 1. The van der Waals surface area contributed by atoms with Gasteiger partial charge < -0.3 is 15.0 Å². The van der Waals surface area contributed by atoms with Crippen molar-refractivity contribution in [2.45, 2.75) is 6.42 Å². The first kappa shape index (κ1) is 14.5. The average Bonchev–Trinajstić information content (AvgIpc) is 2.84. The van der Waals surface area contributed by atoms with Gasteiger partial charge in [0.2, 0.25) is 0 Å². The van der Waals surface area contributed by atoms with Gasteiger partial charge in [-0.2, -0.15) is 0 Å². The van der Waals surface area contributed by atoms with E-state index in [4.69, 9.17) is 5.11 Å². The van der Waals surface area contributed by atoms with Gasteiger partial charge in [0, 0.05) is 38.5 Å². The maximum atomic E-state index is 11.2. The van der Waals surface area contributed by atoms with Crippen LogP contribution in [-0.2, 0) is 13.5 Å². The van der Waals surface area contributed by atoms with Crippen molar-refractivity contribution >= 4 is 17.3 Å². The second-order valence-electron chi connectivity index (χ2n) is 4.39. The molecule has 0 aliphatic heterocycles. The lowest BCUT2D eigenvalue weighted by Crippen LogP contribution is -2.13. The van der Waals surface area contributed by atoms with Crippen molar-refractivity contribution in [3.05, 3.63) is 52.1 Å². The van der Waals surface area contributed by atoms with E-state index in [9.17, 15) is 14.9 Å². The molecule has 0 fully saturated rings. The maximum absolute atomic E-state index is 11.2. The van der Waals surface area contributed by atoms with Crippen molar-refractivity contribution in [3.63, 3.8) is 0 Å². The van der Waals surface area contributed by atoms with Crippen LogP contribution in [0.25, 0.3) is 0 Å². The molecule has 0 unspecified atom stereocenters. The molecule has 1 aromatic carbocycles. The van der Waals surface area contributed by atoms with Crippen LogP contribution in [0.2, 0.25) is 0 Å². The monoisotopic (exact) mass is 290 g/mol. The molecule has 8 heteroatoms. The fourth-order valence-electron chi connectivity index (χ4n) is 1.99. The zero-order chi connectivity index (χ0) is 15.4. The van der Waals surface area contributed by atoms with Crippen LogP contribution in [0.1, 0.15) is 16.2 Å². The molecular formula is C13H14N4O4. The molecule has 0 radical (unpaired) electrons. The molecule has 0 spiro atoms. The standard InChI is InChI=1S/C13H14N4O4/c1-16-8-7-14-11(16)5-6-15-12-9(13(18)19)3-2-4-10(12)17(20)21/h2-4,7-8,15H,5-6H2,1H3,(H,18,19). The Bertz CT molecular complexity index is 648. The third-order valence-electron chi connectivity index (χ3n) is 3.04. The van der Waals surface area contributed by atoms with Crippen molar-refractivity contribution in [3.8, 4) is 0 Å². The summed E-state index contributed by atoms with van der Waals surface area (Å²) in [6, 6.07) is 3.96. The number of anilines is 1. The van der Waals surface area contributed by atoms with Gasteiger partial charge >= 0.3 is 5.97 Å². The van der Waals surface area contributed by atoms with Crippen LogP contribution in [0.4, 0.5) is 11.4 Å². The van der Waals surface area contributed by atoms with E-state index < -0.39 is 10.9 Å². The zero-order valence-electron chi connectivity index (χ0n) is 11.3. The quantitative estimate of drug-likeness (QED) is 0.618. The van der Waals surface area contributed by atoms with E-state index in [0.717, 1.165) is 5.82 Å². The number of aromatic carboxylic acids is 1. The lowest BCUT2D eigenvalue weighted by Gasteiger charge is -2.10. The smallest absolute Gasteiger partial charge is 0.338 e. The summed E-state index contributed by atoms with van der Waals surface area (Å²) in [5.74, 6) is -0.406. The molecule has 0 saturated carbocycles. The molecule has 0 aliphatic rings. The molecule has 2 aromatic rings. The molecule has 21 heavy (non-hydrogen) atoms. The maximum Gasteiger partial charge on any atom is 0.338 e. The van der Waals surface area contributed by atoms with Crippen molar-refractivity contribution in [2.24, 2.45) is 7.05 Å². The van der Waals surface area contributed by atoms with E-state index in [1.807, 2.05) is 11.6 Å². The Hall–Kier alpha value is -2.90. The second kappa shape index (κ2) is 6.04. The van der Waals surface area contributed by atoms with Gasteiger partial charge in [-0.15, -0.1) is 0 Å². The molecule has 2 rings (SSSR count). The van der Waals surface area contributed by atoms with E-state index in [-0.39, 0.29) is 16.9 Å². The number of nitrogens with zero attached hydrogens (tertiary/aromatic N) is 3. The summed E-state index contributed by atoms with van der Waals surface area (Å²) in [6.45, 7) is 0.343. The number of nitro benzene ring substituents is 1. The topological polar surface area (TPSA) is 110 Å². The largest absolute Gasteiger partial charge is 0.478 e. The Kier molecular flexibility index (Phi) is 4.17. The van der Waals surface area contributed by atoms with Crippen molar-refractivity contribution < 1.29 is 14.8 Å². The fraction of sp³-hybridized carbons (Fsp3) is 0.231. The number of nitro groups is 1. The summed E-state index contributed by atoms with van der Waals surface area (Å²) < 4.78 is 1.83. The molecule has 1 heterocycles. The van der Waals surface area contributed by atoms with Crippen LogP contribution >= 0.6 is 0 Å². The van der Waals surface area contributed by atoms with Crippen LogP contribution in [0.5, 0.6) is 0 Å². The van der Waals surface area contributed by atoms with Gasteiger partial charge in [-0.05, 0) is 6.07 Å². The molecule has 0 amide bonds. The first-order valence-electron chi connectivity index (χ1n) is 6.21. The number of para-hydroxylation sites is 1. The van der Waals surface area contributed by atoms with Crippen LogP contribution in [0.3, 0.4) is 0 Å². The van der Waals surface area contributed by atoms with Crippen LogP contribution < -0.4 is 5.32 Å². The number of carboxylic acid groups (broad SMARTS) is 1. The number of hydrogen-bond acceptors (Lipinski definition) is 5. The SMILES string of the molecule is Cn1ccnc1CCNc1c(C(=O)O)cccc1[N+](=O)[O-]. The number of imidazole rings is 1. The Labute approximate surface area is 120 Å². The van der Waals surface area contributed by atoms with Gasteiger partial charge in [-0.1, -0.05) is 6.07 Å². The van der Waals surface area contributed by atoms with E-state index in [1.165, 1.54) is 18.2 Å². The number of benzene rings is 1. The number of hydrogen-bond donors (Lipinski definition) is 2. The van der Waals surface area contributed by atoms with E-state index in [0.29, 0.717) is 13.0 Å². The summed E-state index contributed by atoms with van der Waals surface area (Å²) in [4.78, 5) is 25.7. The third kappa shape index (κ3) is 3.16. The molecule has 1 aromatic heterocycles. The zero-order valence-corrected chi connectivity index (χ0v) is 11.3. The minimum Gasteiger partial charge on any atom is -0.478 e. The lowest BCUT2D eigenvalue weighted by molar-refractivity contribution is -0.384. The van der Waals surface area contributed by atoms with Gasteiger partial charge in [0.15, 0.2) is 0 Å². The van der Waals surface area contributed by atoms with E-state index in [1.54, 1.807) is 12.4 Å². The second-order valence-corrected chi connectivity index (χ2v) is 4.39. The molecule has 0 saturated heterocycles. The predicted molar refractivity (Wildman–Crippen MR) is 75.5 cm³/mol. The number of nitrogens with one attached hydrogen (secondary N) is 1. The average molecular weight is 290 g/mol. The predicted octanol–water partition coefficient (Wildman–Crippen LogP) is 1.68. The minimum absolute atomic E-state index is 0.0178. The highest BCUT2D eigenvalue weighted by Gasteiger charge is 2.20. The minimum atomic E-state index is -1.21. The molecule has 110 valence electrons. The lowest BCUT2D eigenvalue weighted by atomic mass is 10.1. The van der Waals surface area contributed by atoms with Crippen molar-refractivity contribution in [1.82, 2.24) is 9.55 Å². The Balaban J connectivity index is 2.19. The number of rotatable bonds is 6. The molecule has 0 atom stereocenters. The third-order valence-corrected chi connectivity index (χ3v) is 3.04. The van der Waals surface area contributed by atoms with Gasteiger partial charge in [-0.3, -0.25) is 10.1 Å². The highest BCUT2D eigenvalue weighted by Crippen LogP contribution is 2.28. The van der Waals surface area contributed by atoms with Crippen molar-refractivity contribution in [1.29, 1.82) is 0 Å². The van der Waals surface area contributed by atoms with Crippen LogP contribution in [0.15, 0.2) is 30.6 Å². The summed E-state index contributed by atoms with van der Waals surface area (Å²) in [7, 11) is 1.84. The Morgan fingerprint density at radius 2 is 2.29 bits per heavy atom. The number of aromatic nitrogens is 2. The van der Waals surface area contributed by atoms with Crippen molar-refractivity contribution in [2.75, 3.05) is 11.9 Å². The highest BCUT2D eigenvalue weighted by atomic mass is 16.6. The van der Waals surface area contributed by atoms with Gasteiger partial charge in [0.25, 0.3) is 5.69 Å². The van der Waals surface area contributed by atoms with Gasteiger partial charge in [0.05, 0.1) is 10.5 Å². The fourth-order valence-corrected chi connectivity index (χ4v) is 1.99. The first-order chi connectivity index (χ1) is 10.0. The van der Waals surface area contributed by atoms with Crippen LogP contribution in [-0.4, -0.2) is 32.1 Å². The summed E-state index contributed by atoms with van der Waals surface area (Å²) in [5, 5.41) is 23.0. The first-order valence-corrected chi connectivity index (χ1v) is 6.21.